The van der Waals surface area contributed by atoms with Gasteiger partial charge >= 0.3 is 5.97 Å². The van der Waals surface area contributed by atoms with Crippen molar-refractivity contribution in [1.82, 2.24) is 0 Å². The largest absolute Gasteiger partial charge is 0.452 e. The number of nitro benzene ring substituents is 1. The van der Waals surface area contributed by atoms with Crippen LogP contribution in [0.2, 0.25) is 0 Å². The molecule has 31 heavy (non-hydrogen) atoms. The van der Waals surface area contributed by atoms with Crippen LogP contribution in [0.4, 0.5) is 17.1 Å². The number of morpholine rings is 1. The molecule has 1 heterocycles. The molecule has 10 heteroatoms. The van der Waals surface area contributed by atoms with Gasteiger partial charge in [-0.2, -0.15) is 0 Å². The molecule has 1 fully saturated rings. The number of benzene rings is 2. The molecule has 0 radical (unpaired) electrons. The van der Waals surface area contributed by atoms with Gasteiger partial charge in [-0.3, -0.25) is 19.7 Å². The fourth-order valence-corrected chi connectivity index (χ4v) is 3.17. The normalized spacial score (nSPS) is 13.4. The Kier molecular flexibility index (Phi) is 6.93. The van der Waals surface area contributed by atoms with Crippen molar-refractivity contribution in [1.29, 1.82) is 0 Å². The summed E-state index contributed by atoms with van der Waals surface area (Å²) in [5.74, 6) is -1.73. The Morgan fingerprint density at radius 3 is 2.55 bits per heavy atom. The number of ketones is 1. The van der Waals surface area contributed by atoms with Crippen molar-refractivity contribution in [2.75, 3.05) is 43.1 Å². The van der Waals surface area contributed by atoms with Crippen LogP contribution in [0.1, 0.15) is 27.6 Å². The number of rotatable bonds is 7. The molecule has 162 valence electrons. The number of hydrogen-bond acceptors (Lipinski definition) is 8. The minimum absolute atomic E-state index is 0.0411. The Labute approximate surface area is 177 Å². The van der Waals surface area contributed by atoms with E-state index < -0.39 is 23.4 Å². The van der Waals surface area contributed by atoms with Gasteiger partial charge in [0.05, 0.1) is 29.4 Å². The molecule has 1 amide bonds. The third kappa shape index (κ3) is 5.43. The van der Waals surface area contributed by atoms with E-state index in [0.717, 1.165) is 6.07 Å². The number of nitro groups is 1. The van der Waals surface area contributed by atoms with E-state index in [2.05, 4.69) is 5.32 Å². The monoisotopic (exact) mass is 427 g/mol. The molecule has 1 saturated heterocycles. The van der Waals surface area contributed by atoms with Crippen LogP contribution in [0.15, 0.2) is 42.5 Å². The standard InChI is InChI=1S/C21H21N3O7/c1-14(25)16-4-2-3-5-17(16)22-20(26)13-31-21(27)15-6-7-18(19(12-15)24(28)29)23-8-10-30-11-9-23/h2-7,12H,8-11,13H2,1H3,(H,22,26). The van der Waals surface area contributed by atoms with Crippen molar-refractivity contribution < 1.29 is 28.8 Å². The minimum atomic E-state index is -0.869. The van der Waals surface area contributed by atoms with Crippen molar-refractivity contribution in [2.45, 2.75) is 6.92 Å². The molecule has 2 aromatic carbocycles. The third-order valence-electron chi connectivity index (χ3n) is 4.67. The van der Waals surface area contributed by atoms with E-state index >= 15 is 0 Å². The summed E-state index contributed by atoms with van der Waals surface area (Å²) in [6, 6.07) is 10.5. The number of amides is 1. The molecule has 2 aromatic rings. The third-order valence-corrected chi connectivity index (χ3v) is 4.67. The van der Waals surface area contributed by atoms with E-state index in [1.54, 1.807) is 24.3 Å². The van der Waals surface area contributed by atoms with E-state index in [0.29, 0.717) is 43.2 Å². The molecule has 0 aliphatic carbocycles. The molecule has 0 atom stereocenters. The predicted octanol–water partition coefficient (Wildman–Crippen LogP) is 2.43. The maximum absolute atomic E-state index is 12.3. The van der Waals surface area contributed by atoms with Crippen LogP contribution in [0.3, 0.4) is 0 Å². The van der Waals surface area contributed by atoms with Gasteiger partial charge in [-0.25, -0.2) is 4.79 Å². The fourth-order valence-electron chi connectivity index (χ4n) is 3.17. The van der Waals surface area contributed by atoms with Crippen LogP contribution in [-0.4, -0.2) is 55.5 Å². The molecule has 1 aliphatic rings. The molecule has 1 N–H and O–H groups in total. The van der Waals surface area contributed by atoms with Crippen molar-refractivity contribution >= 4 is 34.7 Å². The molecule has 3 rings (SSSR count). The van der Waals surface area contributed by atoms with Gasteiger partial charge in [0.1, 0.15) is 5.69 Å². The highest BCUT2D eigenvalue weighted by Gasteiger charge is 2.24. The molecule has 10 nitrogen and oxygen atoms in total. The van der Waals surface area contributed by atoms with Gasteiger partial charge in [0, 0.05) is 24.7 Å². The van der Waals surface area contributed by atoms with Gasteiger partial charge in [0.25, 0.3) is 11.6 Å². The number of esters is 1. The van der Waals surface area contributed by atoms with Crippen molar-refractivity contribution in [2.24, 2.45) is 0 Å². The van der Waals surface area contributed by atoms with E-state index in [4.69, 9.17) is 9.47 Å². The Bertz CT molecular complexity index is 1020. The van der Waals surface area contributed by atoms with Crippen LogP contribution < -0.4 is 10.2 Å². The molecule has 0 unspecified atom stereocenters. The number of nitrogens with one attached hydrogen (secondary N) is 1. The highest BCUT2D eigenvalue weighted by atomic mass is 16.6. The Morgan fingerprint density at radius 1 is 1.16 bits per heavy atom. The second-order valence-corrected chi connectivity index (χ2v) is 6.79. The number of nitrogens with zero attached hydrogens (tertiary/aromatic N) is 2. The van der Waals surface area contributed by atoms with Gasteiger partial charge in [-0.15, -0.1) is 0 Å². The topological polar surface area (TPSA) is 128 Å². The number of carbonyl (C=O) groups excluding carboxylic acids is 3. The van der Waals surface area contributed by atoms with Crippen LogP contribution in [-0.2, 0) is 14.3 Å². The number of anilines is 2. The van der Waals surface area contributed by atoms with Gasteiger partial charge in [0.2, 0.25) is 0 Å². The molecule has 0 spiro atoms. The number of carbonyl (C=O) groups is 3. The minimum Gasteiger partial charge on any atom is -0.452 e. The average molecular weight is 427 g/mol. The zero-order valence-corrected chi connectivity index (χ0v) is 16.8. The Balaban J connectivity index is 1.66. The van der Waals surface area contributed by atoms with Crippen LogP contribution >= 0.6 is 0 Å². The first-order valence-corrected chi connectivity index (χ1v) is 9.55. The molecule has 0 bridgehead atoms. The predicted molar refractivity (Wildman–Crippen MR) is 111 cm³/mol. The summed E-state index contributed by atoms with van der Waals surface area (Å²) in [6.45, 7) is 2.70. The van der Waals surface area contributed by atoms with E-state index in [1.807, 2.05) is 4.90 Å². The van der Waals surface area contributed by atoms with Crippen molar-refractivity contribution in [3.63, 3.8) is 0 Å². The lowest BCUT2D eigenvalue weighted by molar-refractivity contribution is -0.384. The summed E-state index contributed by atoms with van der Waals surface area (Å²) in [6.07, 6.45) is 0. The van der Waals surface area contributed by atoms with Gasteiger partial charge in [-0.05, 0) is 31.2 Å². The van der Waals surface area contributed by atoms with Gasteiger partial charge in [-0.1, -0.05) is 12.1 Å². The average Bonchev–Trinajstić information content (AvgIpc) is 2.77. The van der Waals surface area contributed by atoms with Crippen LogP contribution in [0, 0.1) is 10.1 Å². The van der Waals surface area contributed by atoms with E-state index in [-0.39, 0.29) is 17.0 Å². The molecular weight excluding hydrogens is 406 g/mol. The maximum Gasteiger partial charge on any atom is 0.338 e. The summed E-state index contributed by atoms with van der Waals surface area (Å²) in [5, 5.41) is 14.0. The number of Topliss-reactive ketones (excluding diaryl/α,β-unsaturated/α-hetero) is 1. The second kappa shape index (κ2) is 9.81. The first-order chi connectivity index (χ1) is 14.9. The SMILES string of the molecule is CC(=O)c1ccccc1NC(=O)COC(=O)c1ccc(N2CCOCC2)c([N+](=O)[O-])c1. The summed E-state index contributed by atoms with van der Waals surface area (Å²) < 4.78 is 10.2. The summed E-state index contributed by atoms with van der Waals surface area (Å²) in [7, 11) is 0. The highest BCUT2D eigenvalue weighted by molar-refractivity contribution is 6.04. The van der Waals surface area contributed by atoms with Crippen molar-refractivity contribution in [3.8, 4) is 0 Å². The maximum atomic E-state index is 12.3. The summed E-state index contributed by atoms with van der Waals surface area (Å²) >= 11 is 0. The smallest absolute Gasteiger partial charge is 0.338 e. The molecule has 1 aliphatic heterocycles. The second-order valence-electron chi connectivity index (χ2n) is 6.79. The fraction of sp³-hybridized carbons (Fsp3) is 0.286. The first-order valence-electron chi connectivity index (χ1n) is 9.55. The van der Waals surface area contributed by atoms with Crippen LogP contribution in [0.25, 0.3) is 0 Å². The lowest BCUT2D eigenvalue weighted by Crippen LogP contribution is -2.36. The zero-order valence-electron chi connectivity index (χ0n) is 16.8. The zero-order chi connectivity index (χ0) is 22.4. The van der Waals surface area contributed by atoms with E-state index in [9.17, 15) is 24.5 Å². The Morgan fingerprint density at radius 2 is 1.87 bits per heavy atom. The van der Waals surface area contributed by atoms with Gasteiger partial charge in [0.15, 0.2) is 12.4 Å². The number of hydrogen-bond donors (Lipinski definition) is 1. The quantitative estimate of drug-likeness (QED) is 0.309. The van der Waals surface area contributed by atoms with Gasteiger partial charge < -0.3 is 19.7 Å². The summed E-state index contributed by atoms with van der Waals surface area (Å²) in [5.41, 5.74) is 0.762. The first kappa shape index (κ1) is 21.9. The lowest BCUT2D eigenvalue weighted by atomic mass is 10.1. The molecular formula is C21H21N3O7. The van der Waals surface area contributed by atoms with Crippen molar-refractivity contribution in [3.05, 3.63) is 63.7 Å². The van der Waals surface area contributed by atoms with Crippen LogP contribution in [0.5, 0.6) is 0 Å². The highest BCUT2D eigenvalue weighted by Crippen LogP contribution is 2.30. The lowest BCUT2D eigenvalue weighted by Gasteiger charge is -2.28. The summed E-state index contributed by atoms with van der Waals surface area (Å²) in [4.78, 5) is 48.8. The number of para-hydroxylation sites is 1. The van der Waals surface area contributed by atoms with E-state index in [1.165, 1.54) is 19.1 Å². The molecule has 0 aromatic heterocycles. The number of ether oxygens (including phenoxy) is 2. The Hall–Kier alpha value is -3.79. The molecule has 0 saturated carbocycles.